The van der Waals surface area contributed by atoms with Gasteiger partial charge in [-0.05, 0) is 37.0 Å². The molecule has 0 aromatic heterocycles. The Kier molecular flexibility index (Phi) is 7.79. The van der Waals surface area contributed by atoms with E-state index in [1.165, 1.54) is 18.4 Å². The van der Waals surface area contributed by atoms with Crippen molar-refractivity contribution in [3.8, 4) is 0 Å². The summed E-state index contributed by atoms with van der Waals surface area (Å²) in [4.78, 5) is 4.29. The fraction of sp³-hybridized carbons (Fsp3) is 0.611. The van der Waals surface area contributed by atoms with Gasteiger partial charge in [0.15, 0.2) is 15.8 Å². The van der Waals surface area contributed by atoms with E-state index in [4.69, 9.17) is 0 Å². The van der Waals surface area contributed by atoms with Gasteiger partial charge in [0.25, 0.3) is 0 Å². The van der Waals surface area contributed by atoms with Crippen LogP contribution in [0.4, 0.5) is 0 Å². The lowest BCUT2D eigenvalue weighted by molar-refractivity contribution is 0.430. The van der Waals surface area contributed by atoms with Crippen molar-refractivity contribution in [2.24, 2.45) is 4.99 Å². The zero-order chi connectivity index (χ0) is 17.9. The second-order valence-corrected chi connectivity index (χ2v) is 10.3. The number of sulfone groups is 1. The SMILES string of the molecule is CN=C(NCC1(c2cccc(Br)c2)CCCC1)NC1CCS(=O)(=O)C1.I. The summed E-state index contributed by atoms with van der Waals surface area (Å²) in [6.45, 7) is 0.808. The first-order chi connectivity index (χ1) is 11.9. The van der Waals surface area contributed by atoms with Crippen molar-refractivity contribution in [3.05, 3.63) is 34.3 Å². The van der Waals surface area contributed by atoms with E-state index in [1.54, 1.807) is 7.05 Å². The molecule has 1 aliphatic heterocycles. The molecule has 1 saturated heterocycles. The predicted octanol–water partition coefficient (Wildman–Crippen LogP) is 3.23. The highest BCUT2D eigenvalue weighted by atomic mass is 127. The molecule has 2 N–H and O–H groups in total. The van der Waals surface area contributed by atoms with Gasteiger partial charge in [0.2, 0.25) is 0 Å². The predicted molar refractivity (Wildman–Crippen MR) is 121 cm³/mol. The summed E-state index contributed by atoms with van der Waals surface area (Å²) in [6.07, 6.45) is 5.44. The molecule has 0 radical (unpaired) electrons. The number of aliphatic imine (C=N–C) groups is 1. The Morgan fingerprint density at radius 1 is 1.35 bits per heavy atom. The molecule has 1 unspecified atom stereocenters. The maximum atomic E-state index is 11.6. The summed E-state index contributed by atoms with van der Waals surface area (Å²) < 4.78 is 24.4. The third kappa shape index (κ3) is 5.34. The van der Waals surface area contributed by atoms with Crippen LogP contribution in [-0.4, -0.2) is 45.5 Å². The Labute approximate surface area is 181 Å². The van der Waals surface area contributed by atoms with Crippen molar-refractivity contribution < 1.29 is 8.42 Å². The van der Waals surface area contributed by atoms with Crippen molar-refractivity contribution >= 4 is 55.7 Å². The maximum absolute atomic E-state index is 11.6. The fourth-order valence-electron chi connectivity index (χ4n) is 3.99. The normalized spacial score (nSPS) is 24.1. The van der Waals surface area contributed by atoms with E-state index >= 15 is 0 Å². The molecule has 1 aliphatic carbocycles. The molecular formula is C18H27BrIN3O2S. The molecule has 146 valence electrons. The van der Waals surface area contributed by atoms with Gasteiger partial charge in [-0.3, -0.25) is 4.99 Å². The first-order valence-corrected chi connectivity index (χ1v) is 11.5. The first kappa shape index (κ1) is 21.9. The summed E-state index contributed by atoms with van der Waals surface area (Å²) in [5.74, 6) is 1.16. The van der Waals surface area contributed by atoms with Crippen LogP contribution in [-0.2, 0) is 15.3 Å². The molecule has 0 amide bonds. The number of rotatable bonds is 4. The zero-order valence-electron chi connectivity index (χ0n) is 15.0. The molecule has 1 atom stereocenters. The number of benzene rings is 1. The topological polar surface area (TPSA) is 70.6 Å². The minimum Gasteiger partial charge on any atom is -0.356 e. The highest BCUT2D eigenvalue weighted by Crippen LogP contribution is 2.41. The van der Waals surface area contributed by atoms with Crippen molar-refractivity contribution in [2.75, 3.05) is 25.1 Å². The minimum atomic E-state index is -2.89. The molecule has 3 rings (SSSR count). The number of nitrogens with one attached hydrogen (secondary N) is 2. The van der Waals surface area contributed by atoms with Crippen LogP contribution in [0.1, 0.15) is 37.7 Å². The van der Waals surface area contributed by atoms with E-state index in [1.807, 2.05) is 0 Å². The standard InChI is InChI=1S/C18H26BrN3O2S.HI/c1-20-17(22-16-7-10-25(23,24)12-16)21-13-18(8-2-3-9-18)14-5-4-6-15(19)11-14;/h4-6,11,16H,2-3,7-10,12-13H2,1H3,(H2,20,21,22);1H. The molecule has 2 fully saturated rings. The molecule has 2 aliphatic rings. The Morgan fingerprint density at radius 2 is 2.08 bits per heavy atom. The van der Waals surface area contributed by atoms with Crippen molar-refractivity contribution in [2.45, 2.75) is 43.6 Å². The summed E-state index contributed by atoms with van der Waals surface area (Å²) in [5, 5.41) is 6.73. The van der Waals surface area contributed by atoms with Crippen molar-refractivity contribution in [1.82, 2.24) is 10.6 Å². The molecule has 0 bridgehead atoms. The molecule has 8 heteroatoms. The van der Waals surface area contributed by atoms with E-state index < -0.39 is 9.84 Å². The Hall–Kier alpha value is -0.350. The van der Waals surface area contributed by atoms with Gasteiger partial charge < -0.3 is 10.6 Å². The largest absolute Gasteiger partial charge is 0.356 e. The number of hydrogen-bond acceptors (Lipinski definition) is 3. The van der Waals surface area contributed by atoms with Crippen LogP contribution in [0.15, 0.2) is 33.7 Å². The lowest BCUT2D eigenvalue weighted by atomic mass is 9.79. The Balaban J connectivity index is 0.00000243. The molecule has 26 heavy (non-hydrogen) atoms. The van der Waals surface area contributed by atoms with Crippen LogP contribution in [0.5, 0.6) is 0 Å². The molecular weight excluding hydrogens is 529 g/mol. The van der Waals surface area contributed by atoms with Gasteiger partial charge in [-0.2, -0.15) is 0 Å². The first-order valence-electron chi connectivity index (χ1n) is 8.86. The van der Waals surface area contributed by atoms with E-state index in [0.29, 0.717) is 12.4 Å². The quantitative estimate of drug-likeness (QED) is 0.340. The van der Waals surface area contributed by atoms with E-state index in [-0.39, 0.29) is 46.9 Å². The zero-order valence-corrected chi connectivity index (χ0v) is 19.7. The van der Waals surface area contributed by atoms with Gasteiger partial charge in [-0.25, -0.2) is 8.42 Å². The summed E-state index contributed by atoms with van der Waals surface area (Å²) in [5.41, 5.74) is 1.47. The highest BCUT2D eigenvalue weighted by molar-refractivity contribution is 14.0. The van der Waals surface area contributed by atoms with Gasteiger partial charge in [0.1, 0.15) is 0 Å². The summed E-state index contributed by atoms with van der Waals surface area (Å²) >= 11 is 3.58. The molecule has 5 nitrogen and oxygen atoms in total. The van der Waals surface area contributed by atoms with Gasteiger partial charge in [-0.1, -0.05) is 40.9 Å². The van der Waals surface area contributed by atoms with Crippen LogP contribution in [0.25, 0.3) is 0 Å². The van der Waals surface area contributed by atoms with Crippen LogP contribution >= 0.6 is 39.9 Å². The number of halogens is 2. The average Bonchev–Trinajstić information content (AvgIpc) is 3.18. The third-order valence-electron chi connectivity index (χ3n) is 5.39. The van der Waals surface area contributed by atoms with E-state index in [2.05, 4.69) is 55.8 Å². The monoisotopic (exact) mass is 555 g/mol. The summed E-state index contributed by atoms with van der Waals surface area (Å²) in [6, 6.07) is 8.53. The fourth-order valence-corrected chi connectivity index (χ4v) is 6.06. The van der Waals surface area contributed by atoms with Gasteiger partial charge >= 0.3 is 0 Å². The minimum absolute atomic E-state index is 0. The maximum Gasteiger partial charge on any atom is 0.191 e. The Bertz CT molecular complexity index is 749. The van der Waals surface area contributed by atoms with Crippen LogP contribution in [0.3, 0.4) is 0 Å². The molecule has 1 aromatic carbocycles. The van der Waals surface area contributed by atoms with Crippen molar-refractivity contribution in [1.29, 1.82) is 0 Å². The second-order valence-electron chi connectivity index (χ2n) is 7.17. The molecule has 0 spiro atoms. The van der Waals surface area contributed by atoms with Gasteiger partial charge in [-0.15, -0.1) is 24.0 Å². The summed E-state index contributed by atoms with van der Waals surface area (Å²) in [7, 11) is -1.15. The molecule has 1 aromatic rings. The van der Waals surface area contributed by atoms with Crippen molar-refractivity contribution in [3.63, 3.8) is 0 Å². The second kappa shape index (κ2) is 9.23. The number of guanidine groups is 1. The Morgan fingerprint density at radius 3 is 2.65 bits per heavy atom. The number of hydrogen-bond donors (Lipinski definition) is 2. The highest BCUT2D eigenvalue weighted by Gasteiger charge is 2.36. The van der Waals surface area contributed by atoms with Crippen LogP contribution < -0.4 is 10.6 Å². The van der Waals surface area contributed by atoms with Crippen LogP contribution in [0.2, 0.25) is 0 Å². The van der Waals surface area contributed by atoms with E-state index in [0.717, 1.165) is 23.9 Å². The number of nitrogens with zero attached hydrogens (tertiary/aromatic N) is 1. The van der Waals surface area contributed by atoms with E-state index in [9.17, 15) is 8.42 Å². The van der Waals surface area contributed by atoms with Crippen LogP contribution in [0, 0.1) is 0 Å². The average molecular weight is 556 g/mol. The smallest absolute Gasteiger partial charge is 0.191 e. The molecule has 1 saturated carbocycles. The van der Waals surface area contributed by atoms with Gasteiger partial charge in [0, 0.05) is 29.5 Å². The lowest BCUT2D eigenvalue weighted by Crippen LogP contribution is -2.48. The molecule has 1 heterocycles. The van der Waals surface area contributed by atoms with Gasteiger partial charge in [0.05, 0.1) is 11.5 Å². The third-order valence-corrected chi connectivity index (χ3v) is 7.65. The lowest BCUT2D eigenvalue weighted by Gasteiger charge is -2.31.